The van der Waals surface area contributed by atoms with E-state index >= 15 is 0 Å². The van der Waals surface area contributed by atoms with Crippen molar-refractivity contribution in [1.82, 2.24) is 4.90 Å². The van der Waals surface area contributed by atoms with E-state index < -0.39 is 0 Å². The molecule has 0 saturated carbocycles. The molecule has 0 aliphatic rings. The van der Waals surface area contributed by atoms with Gasteiger partial charge in [0, 0.05) is 33.7 Å². The maximum absolute atomic E-state index is 11.5. The molecule has 16 heavy (non-hydrogen) atoms. The summed E-state index contributed by atoms with van der Waals surface area (Å²) in [5.74, 6) is -0.356. The number of hydrogen-bond donors (Lipinski definition) is 0. The van der Waals surface area contributed by atoms with E-state index in [1.807, 2.05) is 0 Å². The maximum atomic E-state index is 11.5. The number of amides is 1. The molecule has 0 aliphatic heterocycles. The number of hydrogen-bond acceptors (Lipinski definition) is 4. The predicted octanol–water partition coefficient (Wildman–Crippen LogP) is 0.825. The second kappa shape index (κ2) is 9.15. The molecule has 94 valence electrons. The van der Waals surface area contributed by atoms with Gasteiger partial charge in [-0.25, -0.2) is 0 Å². The van der Waals surface area contributed by atoms with E-state index in [0.717, 1.165) is 6.42 Å². The van der Waals surface area contributed by atoms with Crippen molar-refractivity contribution in [3.63, 3.8) is 0 Å². The second-order valence-corrected chi connectivity index (χ2v) is 3.47. The number of ether oxygens (including phenoxy) is 2. The summed E-state index contributed by atoms with van der Waals surface area (Å²) in [5, 5.41) is 0. The molecule has 5 heteroatoms. The van der Waals surface area contributed by atoms with E-state index in [4.69, 9.17) is 9.47 Å². The van der Waals surface area contributed by atoms with Crippen molar-refractivity contribution in [2.24, 2.45) is 0 Å². The van der Waals surface area contributed by atoms with E-state index in [2.05, 4.69) is 0 Å². The average molecular weight is 231 g/mol. The van der Waals surface area contributed by atoms with Crippen LogP contribution in [0, 0.1) is 0 Å². The summed E-state index contributed by atoms with van der Waals surface area (Å²) in [6.07, 6.45) is 1.17. The first-order chi connectivity index (χ1) is 7.61. The van der Waals surface area contributed by atoms with Gasteiger partial charge in [-0.2, -0.15) is 0 Å². The van der Waals surface area contributed by atoms with Crippen LogP contribution in [0.15, 0.2) is 0 Å². The Morgan fingerprint density at radius 3 is 2.50 bits per heavy atom. The van der Waals surface area contributed by atoms with Crippen molar-refractivity contribution in [3.05, 3.63) is 0 Å². The van der Waals surface area contributed by atoms with Crippen molar-refractivity contribution < 1.29 is 19.1 Å². The van der Waals surface area contributed by atoms with Gasteiger partial charge in [-0.1, -0.05) is 0 Å². The Kier molecular flexibility index (Phi) is 8.52. The molecule has 1 amide bonds. The van der Waals surface area contributed by atoms with Crippen LogP contribution in [-0.2, 0) is 19.1 Å². The Hall–Kier alpha value is -1.10. The third kappa shape index (κ3) is 7.23. The molecule has 0 radical (unpaired) electrons. The third-order valence-electron chi connectivity index (χ3n) is 2.12. The number of carbonyl (C=O) groups excluding carboxylic acids is 2. The molecule has 0 spiro atoms. The number of carbonyl (C=O) groups is 2. The number of rotatable bonds is 8. The zero-order valence-corrected chi connectivity index (χ0v) is 10.3. The maximum Gasteiger partial charge on any atom is 0.306 e. The highest BCUT2D eigenvalue weighted by Gasteiger charge is 2.11. The average Bonchev–Trinajstić information content (AvgIpc) is 2.26. The molecule has 0 aromatic rings. The minimum atomic E-state index is -0.318. The molecular weight excluding hydrogens is 210 g/mol. The Labute approximate surface area is 96.7 Å². The predicted molar refractivity (Wildman–Crippen MR) is 60.0 cm³/mol. The normalized spacial score (nSPS) is 9.94. The molecule has 0 N–H and O–H groups in total. The van der Waals surface area contributed by atoms with E-state index in [0.29, 0.717) is 19.8 Å². The SMILES string of the molecule is CCOC(=O)CCC(=O)N(C)CCCOC. The van der Waals surface area contributed by atoms with E-state index in [-0.39, 0.29) is 24.7 Å². The molecule has 0 saturated heterocycles. The summed E-state index contributed by atoms with van der Waals surface area (Å²) >= 11 is 0. The summed E-state index contributed by atoms with van der Waals surface area (Å²) in [6, 6.07) is 0. The molecule has 0 aromatic heterocycles. The number of methoxy groups -OCH3 is 1. The minimum Gasteiger partial charge on any atom is -0.466 e. The fourth-order valence-corrected chi connectivity index (χ4v) is 1.20. The van der Waals surface area contributed by atoms with Crippen LogP contribution in [0.1, 0.15) is 26.2 Å². The Bertz CT molecular complexity index is 218. The summed E-state index contributed by atoms with van der Waals surface area (Å²) < 4.78 is 9.63. The van der Waals surface area contributed by atoms with Gasteiger partial charge in [0.15, 0.2) is 0 Å². The Balaban J connectivity index is 3.66. The van der Waals surface area contributed by atoms with Gasteiger partial charge >= 0.3 is 5.97 Å². The smallest absolute Gasteiger partial charge is 0.306 e. The molecule has 0 rings (SSSR count). The van der Waals surface area contributed by atoms with Crippen LogP contribution < -0.4 is 0 Å². The van der Waals surface area contributed by atoms with Crippen molar-refractivity contribution in [2.45, 2.75) is 26.2 Å². The van der Waals surface area contributed by atoms with E-state index in [1.54, 1.807) is 26.0 Å². The van der Waals surface area contributed by atoms with Crippen LogP contribution in [0.5, 0.6) is 0 Å². The zero-order valence-electron chi connectivity index (χ0n) is 10.3. The van der Waals surface area contributed by atoms with Crippen molar-refractivity contribution >= 4 is 11.9 Å². The standard InChI is InChI=1S/C11H21NO4/c1-4-16-11(14)7-6-10(13)12(2)8-5-9-15-3/h4-9H2,1-3H3. The van der Waals surface area contributed by atoms with E-state index in [9.17, 15) is 9.59 Å². The lowest BCUT2D eigenvalue weighted by atomic mass is 10.2. The van der Waals surface area contributed by atoms with Gasteiger partial charge in [-0.05, 0) is 13.3 Å². The lowest BCUT2D eigenvalue weighted by molar-refractivity contribution is -0.145. The zero-order chi connectivity index (χ0) is 12.4. The van der Waals surface area contributed by atoms with Crippen LogP contribution in [0.25, 0.3) is 0 Å². The van der Waals surface area contributed by atoms with Gasteiger partial charge in [-0.15, -0.1) is 0 Å². The number of esters is 1. The van der Waals surface area contributed by atoms with Crippen LogP contribution in [0.4, 0.5) is 0 Å². The summed E-state index contributed by atoms with van der Waals surface area (Å²) in [7, 11) is 3.35. The minimum absolute atomic E-state index is 0.0378. The topological polar surface area (TPSA) is 55.8 Å². The number of nitrogens with zero attached hydrogens (tertiary/aromatic N) is 1. The second-order valence-electron chi connectivity index (χ2n) is 3.47. The van der Waals surface area contributed by atoms with Crippen molar-refractivity contribution in [3.8, 4) is 0 Å². The molecule has 0 unspecified atom stereocenters. The summed E-state index contributed by atoms with van der Waals surface area (Å²) in [5.41, 5.74) is 0. The highest BCUT2D eigenvalue weighted by molar-refractivity contribution is 5.81. The van der Waals surface area contributed by atoms with Gasteiger partial charge in [0.1, 0.15) is 0 Å². The highest BCUT2D eigenvalue weighted by atomic mass is 16.5. The van der Waals surface area contributed by atoms with Crippen LogP contribution in [-0.4, -0.2) is 50.7 Å². The molecule has 0 atom stereocenters. The third-order valence-corrected chi connectivity index (χ3v) is 2.12. The lowest BCUT2D eigenvalue weighted by Crippen LogP contribution is -2.28. The first-order valence-electron chi connectivity index (χ1n) is 5.50. The van der Waals surface area contributed by atoms with Gasteiger partial charge in [0.05, 0.1) is 13.0 Å². The molecule has 0 aliphatic carbocycles. The molecule has 0 aromatic carbocycles. The van der Waals surface area contributed by atoms with Crippen LogP contribution >= 0.6 is 0 Å². The largest absolute Gasteiger partial charge is 0.466 e. The molecular formula is C11H21NO4. The van der Waals surface area contributed by atoms with Gasteiger partial charge in [0.25, 0.3) is 0 Å². The van der Waals surface area contributed by atoms with Crippen molar-refractivity contribution in [1.29, 1.82) is 0 Å². The van der Waals surface area contributed by atoms with Gasteiger partial charge in [0.2, 0.25) is 5.91 Å². The van der Waals surface area contributed by atoms with Crippen molar-refractivity contribution in [2.75, 3.05) is 33.9 Å². The summed E-state index contributed by atoms with van der Waals surface area (Å²) in [4.78, 5) is 24.2. The lowest BCUT2D eigenvalue weighted by Gasteiger charge is -2.16. The summed E-state index contributed by atoms with van der Waals surface area (Å²) in [6.45, 7) is 3.39. The van der Waals surface area contributed by atoms with Gasteiger partial charge in [-0.3, -0.25) is 9.59 Å². The van der Waals surface area contributed by atoms with Crippen LogP contribution in [0.3, 0.4) is 0 Å². The molecule has 0 fully saturated rings. The van der Waals surface area contributed by atoms with E-state index in [1.165, 1.54) is 0 Å². The quantitative estimate of drug-likeness (QED) is 0.458. The first-order valence-corrected chi connectivity index (χ1v) is 5.50. The monoisotopic (exact) mass is 231 g/mol. The molecule has 5 nitrogen and oxygen atoms in total. The fraction of sp³-hybridized carbons (Fsp3) is 0.818. The molecule has 0 bridgehead atoms. The molecule has 0 heterocycles. The van der Waals surface area contributed by atoms with Gasteiger partial charge < -0.3 is 14.4 Å². The highest BCUT2D eigenvalue weighted by Crippen LogP contribution is 1.99. The fourth-order valence-electron chi connectivity index (χ4n) is 1.20. The Morgan fingerprint density at radius 1 is 1.25 bits per heavy atom. The first kappa shape index (κ1) is 14.9. The van der Waals surface area contributed by atoms with Crippen LogP contribution in [0.2, 0.25) is 0 Å². The Morgan fingerprint density at radius 2 is 1.94 bits per heavy atom.